The van der Waals surface area contributed by atoms with Crippen molar-refractivity contribution < 1.29 is 26.4 Å². The Balaban J connectivity index is 1.53. The third-order valence-corrected chi connectivity index (χ3v) is 7.46. The van der Waals surface area contributed by atoms with Gasteiger partial charge in [0.1, 0.15) is 17.7 Å². The first kappa shape index (κ1) is 21.8. The molecule has 166 valence electrons. The Bertz CT molecular complexity index is 1110. The normalized spacial score (nSPS) is 27.6. The lowest BCUT2D eigenvalue weighted by atomic mass is 9.93. The van der Waals surface area contributed by atoms with Crippen molar-refractivity contribution in [2.45, 2.75) is 31.2 Å². The van der Waals surface area contributed by atoms with E-state index in [1.807, 2.05) is 0 Å². The van der Waals surface area contributed by atoms with E-state index >= 15 is 4.39 Å². The van der Waals surface area contributed by atoms with Gasteiger partial charge in [-0.05, 0) is 24.1 Å². The number of sulfonamides is 1. The fraction of sp³-hybridized carbons (Fsp3) is 0.409. The number of carbonyl (C=O) groups excluding carboxylic acids is 1. The van der Waals surface area contributed by atoms with Gasteiger partial charge in [-0.15, -0.1) is 0 Å². The van der Waals surface area contributed by atoms with Gasteiger partial charge in [0.05, 0.1) is 24.3 Å². The fourth-order valence-electron chi connectivity index (χ4n) is 4.09. The highest BCUT2D eigenvalue weighted by Crippen LogP contribution is 2.59. The van der Waals surface area contributed by atoms with E-state index in [1.165, 1.54) is 24.0 Å². The van der Waals surface area contributed by atoms with Crippen LogP contribution in [-0.2, 0) is 20.5 Å². The van der Waals surface area contributed by atoms with Crippen molar-refractivity contribution in [2.75, 3.05) is 18.8 Å². The first-order valence-electron chi connectivity index (χ1n) is 10.1. The van der Waals surface area contributed by atoms with Gasteiger partial charge >= 0.3 is 0 Å². The zero-order valence-corrected chi connectivity index (χ0v) is 17.7. The van der Waals surface area contributed by atoms with Gasteiger partial charge in [-0.1, -0.05) is 42.5 Å². The van der Waals surface area contributed by atoms with Gasteiger partial charge in [0, 0.05) is 18.5 Å². The van der Waals surface area contributed by atoms with E-state index < -0.39 is 45.5 Å². The number of halogens is 3. The summed E-state index contributed by atoms with van der Waals surface area (Å²) >= 11 is 0. The largest absolute Gasteiger partial charge is 0.332 e. The summed E-state index contributed by atoms with van der Waals surface area (Å²) in [6, 6.07) is 11.5. The maximum atomic E-state index is 15.8. The summed E-state index contributed by atoms with van der Waals surface area (Å²) in [6.45, 7) is 1.01. The lowest BCUT2D eigenvalue weighted by molar-refractivity contribution is -0.147. The number of hydrogen-bond donors (Lipinski definition) is 1. The van der Waals surface area contributed by atoms with Crippen LogP contribution in [0, 0.1) is 11.7 Å². The van der Waals surface area contributed by atoms with Crippen molar-refractivity contribution in [1.82, 2.24) is 9.62 Å². The highest BCUT2D eigenvalue weighted by Gasteiger charge is 2.64. The average Bonchev–Trinajstić information content (AvgIpc) is 3.44. The van der Waals surface area contributed by atoms with Crippen LogP contribution >= 0.6 is 0 Å². The Labute approximate surface area is 179 Å². The third-order valence-electron chi connectivity index (χ3n) is 6.09. The van der Waals surface area contributed by atoms with Crippen molar-refractivity contribution in [1.29, 1.82) is 0 Å². The summed E-state index contributed by atoms with van der Waals surface area (Å²) < 4.78 is 69.7. The zero-order valence-electron chi connectivity index (χ0n) is 16.9. The van der Waals surface area contributed by atoms with E-state index in [-0.39, 0.29) is 36.4 Å². The number of hydrogen-bond acceptors (Lipinski definition) is 3. The first-order chi connectivity index (χ1) is 14.7. The molecule has 5 nitrogen and oxygen atoms in total. The number of likely N-dealkylation sites (tertiary alicyclic amines) is 1. The Hall–Kier alpha value is -2.39. The van der Waals surface area contributed by atoms with Gasteiger partial charge in [0.15, 0.2) is 0 Å². The molecule has 2 unspecified atom stereocenters. The Morgan fingerprint density at radius 1 is 1.16 bits per heavy atom. The number of benzene rings is 2. The Kier molecular flexibility index (Phi) is 5.59. The van der Waals surface area contributed by atoms with Gasteiger partial charge < -0.3 is 4.90 Å². The van der Waals surface area contributed by atoms with E-state index in [4.69, 9.17) is 0 Å². The highest BCUT2D eigenvalue weighted by molar-refractivity contribution is 7.89. The van der Waals surface area contributed by atoms with Crippen LogP contribution in [0.3, 0.4) is 0 Å². The standard InChI is InChI=1S/C22H23F3N2O3S/c1-2-31(29,30)26-12-20-19(24)13-27(20)21(28)17-11-22(17,25)16-9-5-3-7-14(16)15-8-4-6-10-18(15)23/h3-10,17,19-20,26H,2,11-13H2,1H3/t17?,19-,20-,22?/m1/s1. The van der Waals surface area contributed by atoms with Gasteiger partial charge in [0.25, 0.3) is 0 Å². The molecular formula is C22H23F3N2O3S. The molecule has 0 spiro atoms. The van der Waals surface area contributed by atoms with Gasteiger partial charge in [0.2, 0.25) is 15.9 Å². The number of amides is 1. The summed E-state index contributed by atoms with van der Waals surface area (Å²) in [6.07, 6.45) is -1.46. The van der Waals surface area contributed by atoms with E-state index in [1.54, 1.807) is 36.4 Å². The SMILES string of the molecule is CCS(=O)(=O)NC[C@@H]1[C@H](F)CN1C(=O)C1CC1(F)c1ccccc1-c1ccccc1F. The van der Waals surface area contributed by atoms with Crippen LogP contribution < -0.4 is 4.72 Å². The molecule has 2 aliphatic rings. The molecule has 1 saturated carbocycles. The number of carbonyl (C=O) groups is 1. The topological polar surface area (TPSA) is 66.5 Å². The van der Waals surface area contributed by atoms with Crippen molar-refractivity contribution in [3.05, 3.63) is 59.9 Å². The van der Waals surface area contributed by atoms with Crippen LogP contribution in [0.4, 0.5) is 13.2 Å². The lowest BCUT2D eigenvalue weighted by Crippen LogP contribution is -2.64. The molecule has 0 aromatic heterocycles. The molecule has 0 bridgehead atoms. The second-order valence-electron chi connectivity index (χ2n) is 7.97. The van der Waals surface area contributed by atoms with Crippen LogP contribution in [-0.4, -0.2) is 50.3 Å². The summed E-state index contributed by atoms with van der Waals surface area (Å²) in [7, 11) is -3.54. The quantitative estimate of drug-likeness (QED) is 0.702. The lowest BCUT2D eigenvalue weighted by Gasteiger charge is -2.44. The Morgan fingerprint density at radius 2 is 1.81 bits per heavy atom. The predicted octanol–water partition coefficient (Wildman–Crippen LogP) is 3.17. The van der Waals surface area contributed by atoms with Crippen molar-refractivity contribution in [3.63, 3.8) is 0 Å². The number of alkyl halides is 2. The van der Waals surface area contributed by atoms with E-state index in [2.05, 4.69) is 4.72 Å². The smallest absolute Gasteiger partial charge is 0.229 e. The van der Waals surface area contributed by atoms with Crippen molar-refractivity contribution in [2.24, 2.45) is 5.92 Å². The van der Waals surface area contributed by atoms with E-state index in [0.717, 1.165) is 0 Å². The number of rotatable bonds is 7. The Morgan fingerprint density at radius 3 is 2.45 bits per heavy atom. The van der Waals surface area contributed by atoms with E-state index in [0.29, 0.717) is 5.56 Å². The summed E-state index contributed by atoms with van der Waals surface area (Å²) in [5.41, 5.74) is -1.14. The second-order valence-corrected chi connectivity index (χ2v) is 10.1. The summed E-state index contributed by atoms with van der Waals surface area (Å²) in [5.74, 6) is -2.22. The van der Waals surface area contributed by atoms with Crippen LogP contribution in [0.25, 0.3) is 11.1 Å². The molecule has 4 atom stereocenters. The number of nitrogens with one attached hydrogen (secondary N) is 1. The molecule has 1 N–H and O–H groups in total. The zero-order chi connectivity index (χ0) is 22.4. The molecule has 2 aromatic carbocycles. The second kappa shape index (κ2) is 7.94. The minimum absolute atomic E-state index is 0.0852. The maximum Gasteiger partial charge on any atom is 0.229 e. The predicted molar refractivity (Wildman–Crippen MR) is 111 cm³/mol. The first-order valence-corrected chi connectivity index (χ1v) is 11.8. The highest BCUT2D eigenvalue weighted by atomic mass is 32.2. The van der Waals surface area contributed by atoms with Gasteiger partial charge in [-0.2, -0.15) is 0 Å². The minimum Gasteiger partial charge on any atom is -0.332 e. The molecular weight excluding hydrogens is 429 g/mol. The molecule has 4 rings (SSSR count). The molecule has 9 heteroatoms. The molecule has 2 aromatic rings. The van der Waals surface area contributed by atoms with E-state index in [9.17, 15) is 22.0 Å². The molecule has 1 saturated heterocycles. The van der Waals surface area contributed by atoms with Crippen LogP contribution in [0.2, 0.25) is 0 Å². The monoisotopic (exact) mass is 452 g/mol. The van der Waals surface area contributed by atoms with Crippen molar-refractivity contribution >= 4 is 15.9 Å². The molecule has 0 radical (unpaired) electrons. The molecule has 1 aliphatic carbocycles. The maximum absolute atomic E-state index is 15.8. The summed E-state index contributed by atoms with van der Waals surface area (Å²) in [4.78, 5) is 14.1. The van der Waals surface area contributed by atoms with Gasteiger partial charge in [-0.25, -0.2) is 26.3 Å². The van der Waals surface area contributed by atoms with Crippen LogP contribution in [0.15, 0.2) is 48.5 Å². The summed E-state index contributed by atoms with van der Waals surface area (Å²) in [5, 5.41) is 0. The fourth-order valence-corrected chi connectivity index (χ4v) is 4.72. The molecule has 1 aliphatic heterocycles. The minimum atomic E-state index is -3.54. The molecule has 1 heterocycles. The van der Waals surface area contributed by atoms with Gasteiger partial charge in [-0.3, -0.25) is 4.79 Å². The average molecular weight is 452 g/mol. The molecule has 2 fully saturated rings. The van der Waals surface area contributed by atoms with Crippen molar-refractivity contribution in [3.8, 4) is 11.1 Å². The van der Waals surface area contributed by atoms with Crippen LogP contribution in [0.5, 0.6) is 0 Å². The molecule has 31 heavy (non-hydrogen) atoms. The van der Waals surface area contributed by atoms with Crippen LogP contribution in [0.1, 0.15) is 18.9 Å². The number of nitrogens with zero attached hydrogens (tertiary/aromatic N) is 1. The molecule has 1 amide bonds. The third kappa shape index (κ3) is 3.96.